The molecule has 0 aliphatic heterocycles. The van der Waals surface area contributed by atoms with Gasteiger partial charge in [-0.1, -0.05) is 41.5 Å². The number of hydrogen-bond donors (Lipinski definition) is 0. The van der Waals surface area contributed by atoms with Crippen molar-refractivity contribution in [3.05, 3.63) is 0 Å². The topological polar surface area (TPSA) is 158 Å². The zero-order chi connectivity index (χ0) is 49.9. The van der Waals surface area contributed by atoms with Gasteiger partial charge in [0, 0.05) is 0 Å². The lowest BCUT2D eigenvalue weighted by Crippen LogP contribution is -2.53. The Balaban J connectivity index is 0.000000175. The van der Waals surface area contributed by atoms with E-state index in [4.69, 9.17) is 28.4 Å². The molecule has 0 aromatic heterocycles. The number of carbonyl (C=O) groups is 6. The molecule has 10 saturated carbocycles. The van der Waals surface area contributed by atoms with Gasteiger partial charge in [-0.3, -0.25) is 19.2 Å². The molecular formula is C56H92O12. The van der Waals surface area contributed by atoms with Crippen LogP contribution in [0.4, 0.5) is 0 Å². The first-order valence-corrected chi connectivity index (χ1v) is 27.3. The summed E-state index contributed by atoms with van der Waals surface area (Å²) < 4.78 is 32.6. The van der Waals surface area contributed by atoms with E-state index in [0.29, 0.717) is 6.42 Å². The SMILES string of the molecule is CCC(C)(C)C(=O)OC1CCCC1.CCC(C)(C)C(=O)OCC(=O)OC12CC3CC(CC(C3)C1)C2.CCC(C)C(=O)OC1CCCC1.CCC(C)C(=O)OCC(=O)OC12CC3CC(CC(C3)C1)C2. The fourth-order valence-corrected chi connectivity index (χ4v) is 12.7. The second-order valence-electron chi connectivity index (χ2n) is 24.1. The highest BCUT2D eigenvalue weighted by molar-refractivity contribution is 5.80. The van der Waals surface area contributed by atoms with Crippen LogP contribution in [0.25, 0.3) is 0 Å². The molecule has 10 fully saturated rings. The van der Waals surface area contributed by atoms with Crippen molar-refractivity contribution in [2.24, 2.45) is 58.2 Å². The summed E-state index contributed by atoms with van der Waals surface area (Å²) in [5.74, 6) is 2.95. The van der Waals surface area contributed by atoms with Gasteiger partial charge in [-0.2, -0.15) is 0 Å². The Morgan fingerprint density at radius 2 is 0.794 bits per heavy atom. The summed E-state index contributed by atoms with van der Waals surface area (Å²) in [6, 6.07) is 0. The van der Waals surface area contributed by atoms with E-state index in [1.165, 1.54) is 64.2 Å². The molecule has 388 valence electrons. The molecule has 10 rings (SSSR count). The average molecular weight is 957 g/mol. The van der Waals surface area contributed by atoms with Crippen LogP contribution in [-0.4, -0.2) is 72.4 Å². The zero-order valence-electron chi connectivity index (χ0n) is 44.1. The predicted octanol–water partition coefficient (Wildman–Crippen LogP) is 12.0. The monoisotopic (exact) mass is 957 g/mol. The number of ether oxygens (including phenoxy) is 6. The third-order valence-electron chi connectivity index (χ3n) is 17.3. The third kappa shape index (κ3) is 15.9. The van der Waals surface area contributed by atoms with Crippen LogP contribution in [0.15, 0.2) is 0 Å². The average Bonchev–Trinajstić information content (AvgIpc) is 4.01. The first kappa shape index (κ1) is 55.7. The highest BCUT2D eigenvalue weighted by Gasteiger charge is 2.54. The van der Waals surface area contributed by atoms with E-state index in [9.17, 15) is 28.8 Å². The van der Waals surface area contributed by atoms with E-state index in [2.05, 4.69) is 0 Å². The van der Waals surface area contributed by atoms with Crippen molar-refractivity contribution >= 4 is 35.8 Å². The van der Waals surface area contributed by atoms with Crippen LogP contribution in [0.1, 0.15) is 223 Å². The summed E-state index contributed by atoms with van der Waals surface area (Å²) in [6.45, 7) is 18.7. The Morgan fingerprint density at radius 3 is 1.15 bits per heavy atom. The second kappa shape index (κ2) is 24.8. The zero-order valence-corrected chi connectivity index (χ0v) is 44.1. The van der Waals surface area contributed by atoms with Gasteiger partial charge in [0.2, 0.25) is 0 Å². The van der Waals surface area contributed by atoms with Crippen LogP contribution < -0.4 is 0 Å². The summed E-state index contributed by atoms with van der Waals surface area (Å²) in [5.41, 5.74) is -1.34. The van der Waals surface area contributed by atoms with Gasteiger partial charge < -0.3 is 28.4 Å². The first-order chi connectivity index (χ1) is 32.1. The molecule has 12 nitrogen and oxygen atoms in total. The molecule has 0 aromatic rings. The Morgan fingerprint density at radius 1 is 0.471 bits per heavy atom. The Hall–Kier alpha value is -3.18. The van der Waals surface area contributed by atoms with Gasteiger partial charge in [0.1, 0.15) is 23.4 Å². The minimum absolute atomic E-state index is 0.00981. The molecular weight excluding hydrogens is 865 g/mol. The molecule has 0 radical (unpaired) electrons. The maximum atomic E-state index is 12.1. The van der Waals surface area contributed by atoms with Crippen molar-refractivity contribution < 1.29 is 57.2 Å². The van der Waals surface area contributed by atoms with Crippen LogP contribution in [0.3, 0.4) is 0 Å². The van der Waals surface area contributed by atoms with E-state index in [1.807, 2.05) is 69.2 Å². The maximum Gasteiger partial charge on any atom is 0.344 e. The number of carbonyl (C=O) groups excluding carboxylic acids is 6. The molecule has 0 heterocycles. The molecule has 0 amide bonds. The van der Waals surface area contributed by atoms with Gasteiger partial charge in [-0.25, -0.2) is 9.59 Å². The third-order valence-corrected chi connectivity index (χ3v) is 17.3. The normalized spacial score (nSPS) is 30.8. The van der Waals surface area contributed by atoms with Crippen molar-refractivity contribution in [1.29, 1.82) is 0 Å². The molecule has 12 heteroatoms. The summed E-state index contributed by atoms with van der Waals surface area (Å²) in [6.07, 6.45) is 26.7. The van der Waals surface area contributed by atoms with Crippen LogP contribution in [-0.2, 0) is 57.2 Å². The van der Waals surface area contributed by atoms with E-state index in [0.717, 1.165) is 119 Å². The van der Waals surface area contributed by atoms with Gasteiger partial charge in [-0.15, -0.1) is 0 Å². The molecule has 2 unspecified atom stereocenters. The molecule has 8 bridgehead atoms. The second-order valence-corrected chi connectivity index (χ2v) is 24.1. The molecule has 10 aliphatic rings. The summed E-state index contributed by atoms with van der Waals surface area (Å²) in [4.78, 5) is 70.7. The quantitative estimate of drug-likeness (QED) is 0.107. The molecule has 0 aromatic carbocycles. The standard InChI is InChI=1S/C18H28O4.C17H26O4.C11H20O2.C10H18O2/c1-4-17(2,3)16(20)21-11-15(19)22-18-8-12-5-13(9-18)7-14(6-12)10-18;1-3-11(2)16(19)20-10-15(18)21-17-7-12-4-13(8-17)6-14(5-12)9-17;1-4-11(2,3)10(12)13-9-7-5-6-8-9;1-3-8(2)10(11)12-9-6-4-5-7-9/h12-14H,4-11H2,1-3H3;11-14H,3-10H2,1-2H3;9H,4-8H2,1-3H3;8-9H,3-7H2,1-2H3. The van der Waals surface area contributed by atoms with E-state index < -0.39 is 5.41 Å². The lowest BCUT2D eigenvalue weighted by Gasteiger charge is -2.55. The number of hydrogen-bond acceptors (Lipinski definition) is 12. The van der Waals surface area contributed by atoms with E-state index in [1.54, 1.807) is 0 Å². The highest BCUT2D eigenvalue weighted by Crippen LogP contribution is 2.58. The fraction of sp³-hybridized carbons (Fsp3) is 0.893. The first-order valence-electron chi connectivity index (χ1n) is 27.3. The number of esters is 6. The van der Waals surface area contributed by atoms with Crippen LogP contribution in [0.5, 0.6) is 0 Å². The summed E-state index contributed by atoms with van der Waals surface area (Å²) in [7, 11) is 0. The Labute approximate surface area is 409 Å². The predicted molar refractivity (Wildman–Crippen MR) is 260 cm³/mol. The number of rotatable bonds is 16. The van der Waals surface area contributed by atoms with Crippen molar-refractivity contribution in [3.8, 4) is 0 Å². The molecule has 0 N–H and O–H groups in total. The van der Waals surface area contributed by atoms with Crippen LogP contribution in [0.2, 0.25) is 0 Å². The smallest absolute Gasteiger partial charge is 0.344 e. The highest BCUT2D eigenvalue weighted by atomic mass is 16.6. The van der Waals surface area contributed by atoms with Crippen LogP contribution in [0, 0.1) is 58.2 Å². The lowest BCUT2D eigenvalue weighted by molar-refractivity contribution is -0.193. The van der Waals surface area contributed by atoms with E-state index in [-0.39, 0.29) is 89.7 Å². The maximum absolute atomic E-state index is 12.1. The molecule has 68 heavy (non-hydrogen) atoms. The summed E-state index contributed by atoms with van der Waals surface area (Å²) >= 11 is 0. The molecule has 10 aliphatic carbocycles. The minimum Gasteiger partial charge on any atom is -0.462 e. The molecule has 2 atom stereocenters. The van der Waals surface area contributed by atoms with Crippen molar-refractivity contribution in [2.45, 2.75) is 247 Å². The van der Waals surface area contributed by atoms with Crippen molar-refractivity contribution in [2.75, 3.05) is 13.2 Å². The van der Waals surface area contributed by atoms with Gasteiger partial charge >= 0.3 is 35.8 Å². The fourth-order valence-electron chi connectivity index (χ4n) is 12.7. The summed E-state index contributed by atoms with van der Waals surface area (Å²) in [5, 5.41) is 0. The minimum atomic E-state index is -0.541. The Bertz CT molecular complexity index is 1610. The van der Waals surface area contributed by atoms with Gasteiger partial charge in [-0.05, 0) is 217 Å². The van der Waals surface area contributed by atoms with Gasteiger partial charge in [0.05, 0.1) is 22.7 Å². The van der Waals surface area contributed by atoms with Gasteiger partial charge in [0.25, 0.3) is 0 Å². The van der Waals surface area contributed by atoms with Gasteiger partial charge in [0.15, 0.2) is 13.2 Å². The van der Waals surface area contributed by atoms with Crippen molar-refractivity contribution in [3.63, 3.8) is 0 Å². The molecule has 0 spiro atoms. The van der Waals surface area contributed by atoms with Crippen LogP contribution >= 0.6 is 0 Å². The Kier molecular flexibility index (Phi) is 20.3. The molecule has 0 saturated heterocycles. The van der Waals surface area contributed by atoms with E-state index >= 15 is 0 Å². The van der Waals surface area contributed by atoms with Crippen molar-refractivity contribution in [1.82, 2.24) is 0 Å². The largest absolute Gasteiger partial charge is 0.462 e. The lowest BCUT2D eigenvalue weighted by atomic mass is 9.54.